The van der Waals surface area contributed by atoms with E-state index >= 15 is 0 Å². The number of nitrogens with zero attached hydrogens (tertiary/aromatic N) is 2. The van der Waals surface area contributed by atoms with Crippen LogP contribution in [0.3, 0.4) is 0 Å². The fourth-order valence-corrected chi connectivity index (χ4v) is 3.20. The molecular formula is C16H15ClN2OS. The van der Waals surface area contributed by atoms with Crippen LogP contribution in [0.15, 0.2) is 30.3 Å². The van der Waals surface area contributed by atoms with E-state index in [2.05, 4.69) is 29.9 Å². The lowest BCUT2D eigenvalue weighted by Crippen LogP contribution is -1.93. The molecule has 5 heteroatoms. The Morgan fingerprint density at radius 2 is 2.00 bits per heavy atom. The Morgan fingerprint density at radius 3 is 2.76 bits per heavy atom. The number of ether oxygens (including phenoxy) is 1. The molecule has 0 aliphatic carbocycles. The second-order valence-corrected chi connectivity index (χ2v) is 6.78. The maximum atomic E-state index is 5.99. The Balaban J connectivity index is 2.03. The SMILES string of the molecule is Cc1cc2c(Oc3cccc(C(C)C)c3)nc(Cl)nc2s1. The summed E-state index contributed by atoms with van der Waals surface area (Å²) in [4.78, 5) is 10.5. The van der Waals surface area contributed by atoms with Gasteiger partial charge in [-0.05, 0) is 48.2 Å². The van der Waals surface area contributed by atoms with Crippen molar-refractivity contribution in [3.63, 3.8) is 0 Å². The van der Waals surface area contributed by atoms with Crippen molar-refractivity contribution >= 4 is 33.2 Å². The maximum absolute atomic E-state index is 5.99. The predicted molar refractivity (Wildman–Crippen MR) is 87.8 cm³/mol. The van der Waals surface area contributed by atoms with Gasteiger partial charge in [-0.3, -0.25) is 0 Å². The summed E-state index contributed by atoms with van der Waals surface area (Å²) in [6.07, 6.45) is 0. The lowest BCUT2D eigenvalue weighted by molar-refractivity contribution is 0.467. The Kier molecular flexibility index (Phi) is 3.83. The Labute approximate surface area is 132 Å². The summed E-state index contributed by atoms with van der Waals surface area (Å²) < 4.78 is 5.95. The minimum Gasteiger partial charge on any atom is -0.438 e. The number of halogens is 1. The minimum absolute atomic E-state index is 0.208. The topological polar surface area (TPSA) is 35.0 Å². The first-order chi connectivity index (χ1) is 10.0. The molecule has 0 bridgehead atoms. The lowest BCUT2D eigenvalue weighted by Gasteiger charge is -2.09. The van der Waals surface area contributed by atoms with Crippen LogP contribution in [0.5, 0.6) is 11.6 Å². The molecule has 3 nitrogen and oxygen atoms in total. The van der Waals surface area contributed by atoms with Crippen LogP contribution in [0.1, 0.15) is 30.2 Å². The summed E-state index contributed by atoms with van der Waals surface area (Å²) >= 11 is 7.57. The van der Waals surface area contributed by atoms with Crippen LogP contribution in [0.25, 0.3) is 10.2 Å². The van der Waals surface area contributed by atoms with E-state index < -0.39 is 0 Å². The number of hydrogen-bond donors (Lipinski definition) is 0. The van der Waals surface area contributed by atoms with E-state index in [1.165, 1.54) is 5.56 Å². The first-order valence-corrected chi connectivity index (χ1v) is 7.94. The second-order valence-electron chi connectivity index (χ2n) is 5.20. The molecule has 0 N–H and O–H groups in total. The van der Waals surface area contributed by atoms with Gasteiger partial charge in [-0.2, -0.15) is 4.98 Å². The summed E-state index contributed by atoms with van der Waals surface area (Å²) in [5.74, 6) is 1.72. The third-order valence-electron chi connectivity index (χ3n) is 3.19. The second kappa shape index (κ2) is 5.62. The van der Waals surface area contributed by atoms with Crippen molar-refractivity contribution in [2.45, 2.75) is 26.7 Å². The summed E-state index contributed by atoms with van der Waals surface area (Å²) in [5.41, 5.74) is 1.23. The molecule has 0 unspecified atom stereocenters. The molecule has 0 saturated heterocycles. The van der Waals surface area contributed by atoms with Gasteiger partial charge >= 0.3 is 0 Å². The molecule has 3 aromatic rings. The summed E-state index contributed by atoms with van der Waals surface area (Å²) in [6, 6.07) is 10.1. The van der Waals surface area contributed by atoms with Gasteiger partial charge in [0, 0.05) is 4.88 Å². The smallest absolute Gasteiger partial charge is 0.232 e. The van der Waals surface area contributed by atoms with Crippen molar-refractivity contribution in [1.82, 2.24) is 9.97 Å². The highest BCUT2D eigenvalue weighted by molar-refractivity contribution is 7.18. The van der Waals surface area contributed by atoms with Crippen LogP contribution in [0.2, 0.25) is 5.28 Å². The van der Waals surface area contributed by atoms with Crippen LogP contribution in [0, 0.1) is 6.92 Å². The third kappa shape index (κ3) is 3.01. The molecule has 0 fully saturated rings. The molecule has 1 aromatic carbocycles. The Hall–Kier alpha value is -1.65. The average molecular weight is 319 g/mol. The van der Waals surface area contributed by atoms with Crippen LogP contribution in [-0.2, 0) is 0 Å². The lowest BCUT2D eigenvalue weighted by atomic mass is 10.0. The van der Waals surface area contributed by atoms with Gasteiger partial charge in [0.2, 0.25) is 11.2 Å². The summed E-state index contributed by atoms with van der Waals surface area (Å²) in [6.45, 7) is 6.34. The minimum atomic E-state index is 0.208. The summed E-state index contributed by atoms with van der Waals surface area (Å²) in [5, 5.41) is 1.11. The van der Waals surface area contributed by atoms with Gasteiger partial charge in [0.1, 0.15) is 10.6 Å². The van der Waals surface area contributed by atoms with Crippen molar-refractivity contribution in [2.75, 3.05) is 0 Å². The summed E-state index contributed by atoms with van der Waals surface area (Å²) in [7, 11) is 0. The van der Waals surface area contributed by atoms with Crippen LogP contribution in [-0.4, -0.2) is 9.97 Å². The van der Waals surface area contributed by atoms with Crippen LogP contribution >= 0.6 is 22.9 Å². The van der Waals surface area contributed by atoms with Gasteiger partial charge < -0.3 is 4.74 Å². The zero-order valence-electron chi connectivity index (χ0n) is 12.1. The van der Waals surface area contributed by atoms with Crippen LogP contribution < -0.4 is 4.74 Å². The number of thiophene rings is 1. The zero-order valence-corrected chi connectivity index (χ0v) is 13.6. The third-order valence-corrected chi connectivity index (χ3v) is 4.31. The van der Waals surface area contributed by atoms with E-state index in [0.717, 1.165) is 20.8 Å². The maximum Gasteiger partial charge on any atom is 0.232 e. The highest BCUT2D eigenvalue weighted by Crippen LogP contribution is 2.34. The van der Waals surface area contributed by atoms with Gasteiger partial charge in [0.05, 0.1) is 5.39 Å². The number of fused-ring (bicyclic) bond motifs is 1. The van der Waals surface area contributed by atoms with E-state index in [1.807, 2.05) is 31.2 Å². The molecule has 0 saturated carbocycles. The van der Waals surface area contributed by atoms with Gasteiger partial charge in [0.25, 0.3) is 0 Å². The normalized spacial score (nSPS) is 11.3. The molecule has 2 heterocycles. The predicted octanol–water partition coefficient (Wildman–Crippen LogP) is 5.57. The van der Waals surface area contributed by atoms with Gasteiger partial charge in [-0.25, -0.2) is 4.98 Å². The molecule has 0 aliphatic heterocycles. The molecule has 2 aromatic heterocycles. The monoisotopic (exact) mass is 318 g/mol. The number of hydrogen-bond acceptors (Lipinski definition) is 4. The molecule has 0 aliphatic rings. The van der Waals surface area contributed by atoms with Gasteiger partial charge in [-0.15, -0.1) is 11.3 Å². The van der Waals surface area contributed by atoms with E-state index in [-0.39, 0.29) is 5.28 Å². The standard InChI is InChI=1S/C16H15ClN2OS/c1-9(2)11-5-4-6-12(8-11)20-14-13-7-10(3)21-15(13)19-16(17)18-14/h4-9H,1-3H3. The van der Waals surface area contributed by atoms with Gasteiger partial charge in [-0.1, -0.05) is 26.0 Å². The quantitative estimate of drug-likeness (QED) is 0.592. The molecule has 0 atom stereocenters. The zero-order chi connectivity index (χ0) is 15.0. The van der Waals surface area contributed by atoms with Crippen molar-refractivity contribution in [3.05, 3.63) is 46.1 Å². The van der Waals surface area contributed by atoms with Crippen molar-refractivity contribution in [2.24, 2.45) is 0 Å². The number of aromatic nitrogens is 2. The molecular weight excluding hydrogens is 304 g/mol. The van der Waals surface area contributed by atoms with Crippen LogP contribution in [0.4, 0.5) is 0 Å². The molecule has 21 heavy (non-hydrogen) atoms. The molecule has 3 rings (SSSR count). The van der Waals surface area contributed by atoms with Crippen molar-refractivity contribution in [3.8, 4) is 11.6 Å². The van der Waals surface area contributed by atoms with E-state index in [4.69, 9.17) is 16.3 Å². The average Bonchev–Trinajstić information content (AvgIpc) is 2.79. The largest absolute Gasteiger partial charge is 0.438 e. The molecule has 0 amide bonds. The van der Waals surface area contributed by atoms with E-state index in [9.17, 15) is 0 Å². The number of aryl methyl sites for hydroxylation is 1. The fourth-order valence-electron chi connectivity index (χ4n) is 2.12. The molecule has 0 radical (unpaired) electrons. The Morgan fingerprint density at radius 1 is 1.19 bits per heavy atom. The fraction of sp³-hybridized carbons (Fsp3) is 0.250. The highest BCUT2D eigenvalue weighted by Gasteiger charge is 2.12. The van der Waals surface area contributed by atoms with Crippen molar-refractivity contribution in [1.29, 1.82) is 0 Å². The van der Waals surface area contributed by atoms with Crippen molar-refractivity contribution < 1.29 is 4.74 Å². The van der Waals surface area contributed by atoms with Gasteiger partial charge in [0.15, 0.2) is 0 Å². The number of rotatable bonds is 3. The van der Waals surface area contributed by atoms with E-state index in [1.54, 1.807) is 11.3 Å². The van der Waals surface area contributed by atoms with E-state index in [0.29, 0.717) is 11.8 Å². The Bertz CT molecular complexity index is 798. The molecule has 0 spiro atoms. The first-order valence-electron chi connectivity index (χ1n) is 6.74. The molecule has 108 valence electrons. The highest BCUT2D eigenvalue weighted by atomic mass is 35.5. The first kappa shape index (κ1) is 14.3. The number of benzene rings is 1.